The summed E-state index contributed by atoms with van der Waals surface area (Å²) in [7, 11) is 0. The quantitative estimate of drug-likeness (QED) is 0.748. The minimum atomic E-state index is -1.12. The highest BCUT2D eigenvalue weighted by atomic mass is 19.1. The van der Waals surface area contributed by atoms with Crippen molar-refractivity contribution < 1.29 is 9.50 Å². The van der Waals surface area contributed by atoms with Gasteiger partial charge in [0.2, 0.25) is 0 Å². The zero-order valence-corrected chi connectivity index (χ0v) is 10.8. The highest BCUT2D eigenvalue weighted by Crippen LogP contribution is 2.26. The van der Waals surface area contributed by atoms with Crippen LogP contribution in [0.3, 0.4) is 0 Å². The Labute approximate surface area is 103 Å². The lowest BCUT2D eigenvalue weighted by molar-refractivity contribution is 0.0442. The van der Waals surface area contributed by atoms with Gasteiger partial charge in [-0.1, -0.05) is 32.0 Å². The molecule has 0 aliphatic carbocycles. The van der Waals surface area contributed by atoms with Crippen LogP contribution >= 0.6 is 0 Å². The van der Waals surface area contributed by atoms with Crippen LogP contribution in [0.4, 0.5) is 4.39 Å². The molecule has 1 rings (SSSR count). The lowest BCUT2D eigenvalue weighted by Crippen LogP contribution is -2.30. The van der Waals surface area contributed by atoms with Crippen molar-refractivity contribution in [2.75, 3.05) is 13.1 Å². The molecule has 0 spiro atoms. The van der Waals surface area contributed by atoms with Gasteiger partial charge in [-0.2, -0.15) is 0 Å². The number of hydrogen-bond donors (Lipinski definition) is 2. The molecule has 0 saturated carbocycles. The van der Waals surface area contributed by atoms with Gasteiger partial charge in [0.1, 0.15) is 5.82 Å². The van der Waals surface area contributed by atoms with Crippen molar-refractivity contribution in [3.05, 3.63) is 35.6 Å². The molecular formula is C14H22FNO. The van der Waals surface area contributed by atoms with Crippen LogP contribution in [-0.2, 0) is 5.60 Å². The Morgan fingerprint density at radius 2 is 2.00 bits per heavy atom. The predicted molar refractivity (Wildman–Crippen MR) is 68.3 cm³/mol. The third-order valence-electron chi connectivity index (χ3n) is 2.80. The maximum atomic E-state index is 13.5. The molecule has 2 nitrogen and oxygen atoms in total. The maximum Gasteiger partial charge on any atom is 0.129 e. The summed E-state index contributed by atoms with van der Waals surface area (Å²) in [6.07, 6.45) is 0.501. The fourth-order valence-electron chi connectivity index (χ4n) is 1.76. The third kappa shape index (κ3) is 4.44. The zero-order chi connectivity index (χ0) is 12.9. The fourth-order valence-corrected chi connectivity index (χ4v) is 1.76. The van der Waals surface area contributed by atoms with Crippen LogP contribution in [0.2, 0.25) is 0 Å². The van der Waals surface area contributed by atoms with Gasteiger partial charge in [0, 0.05) is 5.56 Å². The molecule has 0 aliphatic heterocycles. The molecule has 96 valence electrons. The number of hydrogen-bond acceptors (Lipinski definition) is 2. The van der Waals surface area contributed by atoms with Gasteiger partial charge in [0.15, 0.2) is 0 Å². The Hall–Kier alpha value is -0.930. The van der Waals surface area contributed by atoms with Crippen LogP contribution in [0.1, 0.15) is 32.8 Å². The second-order valence-electron chi connectivity index (χ2n) is 5.10. The minimum Gasteiger partial charge on any atom is -0.385 e. The topological polar surface area (TPSA) is 32.3 Å². The number of aliphatic hydroxyl groups is 1. The monoisotopic (exact) mass is 239 g/mol. The largest absolute Gasteiger partial charge is 0.385 e. The molecule has 1 aromatic rings. The molecule has 0 fully saturated rings. The molecule has 0 aromatic heterocycles. The van der Waals surface area contributed by atoms with Crippen molar-refractivity contribution in [2.45, 2.75) is 32.8 Å². The van der Waals surface area contributed by atoms with E-state index in [1.54, 1.807) is 25.1 Å². The van der Waals surface area contributed by atoms with Gasteiger partial charge in [0.25, 0.3) is 0 Å². The summed E-state index contributed by atoms with van der Waals surface area (Å²) in [5.74, 6) is 0.231. The van der Waals surface area contributed by atoms with E-state index in [1.807, 2.05) is 0 Å². The van der Waals surface area contributed by atoms with E-state index >= 15 is 0 Å². The average Bonchev–Trinajstić information content (AvgIpc) is 2.24. The first-order valence-electron chi connectivity index (χ1n) is 6.11. The van der Waals surface area contributed by atoms with Gasteiger partial charge in [-0.25, -0.2) is 4.39 Å². The van der Waals surface area contributed by atoms with Crippen molar-refractivity contribution in [1.82, 2.24) is 5.32 Å². The van der Waals surface area contributed by atoms with Crippen molar-refractivity contribution in [1.29, 1.82) is 0 Å². The SMILES string of the molecule is CC(C)CNCCC(C)(O)c1ccccc1F. The van der Waals surface area contributed by atoms with E-state index in [2.05, 4.69) is 19.2 Å². The summed E-state index contributed by atoms with van der Waals surface area (Å²) in [5, 5.41) is 13.5. The van der Waals surface area contributed by atoms with Gasteiger partial charge >= 0.3 is 0 Å². The smallest absolute Gasteiger partial charge is 0.129 e. The highest BCUT2D eigenvalue weighted by Gasteiger charge is 2.25. The standard InChI is InChI=1S/C14H22FNO/c1-11(2)10-16-9-8-14(3,17)12-6-4-5-7-13(12)15/h4-7,11,16-17H,8-10H2,1-3H3. The van der Waals surface area contributed by atoms with Crippen LogP contribution in [0.5, 0.6) is 0 Å². The zero-order valence-electron chi connectivity index (χ0n) is 10.8. The van der Waals surface area contributed by atoms with Crippen molar-refractivity contribution >= 4 is 0 Å². The van der Waals surface area contributed by atoms with Crippen molar-refractivity contribution in [2.24, 2.45) is 5.92 Å². The number of benzene rings is 1. The van der Waals surface area contributed by atoms with Gasteiger partial charge in [-0.05, 0) is 38.4 Å². The number of halogens is 1. The molecule has 1 atom stereocenters. The summed E-state index contributed by atoms with van der Waals surface area (Å²) in [4.78, 5) is 0. The molecule has 0 radical (unpaired) electrons. The van der Waals surface area contributed by atoms with Crippen LogP contribution < -0.4 is 5.32 Å². The Morgan fingerprint density at radius 3 is 2.59 bits per heavy atom. The second kappa shape index (κ2) is 6.12. The summed E-state index contributed by atoms with van der Waals surface area (Å²) < 4.78 is 13.5. The molecule has 2 N–H and O–H groups in total. The summed E-state index contributed by atoms with van der Waals surface area (Å²) >= 11 is 0. The molecule has 0 heterocycles. The molecule has 3 heteroatoms. The number of rotatable bonds is 6. The van der Waals surface area contributed by atoms with E-state index in [4.69, 9.17) is 0 Å². The third-order valence-corrected chi connectivity index (χ3v) is 2.80. The molecule has 0 amide bonds. The fraction of sp³-hybridized carbons (Fsp3) is 0.571. The van der Waals surface area contributed by atoms with Crippen LogP contribution in [0, 0.1) is 11.7 Å². The van der Waals surface area contributed by atoms with Crippen molar-refractivity contribution in [3.8, 4) is 0 Å². The first-order valence-corrected chi connectivity index (χ1v) is 6.11. The first kappa shape index (κ1) is 14.1. The Morgan fingerprint density at radius 1 is 1.35 bits per heavy atom. The summed E-state index contributed by atoms with van der Waals surface area (Å²) in [5.41, 5.74) is -0.749. The lowest BCUT2D eigenvalue weighted by Gasteiger charge is -2.24. The molecule has 17 heavy (non-hydrogen) atoms. The normalized spacial score (nSPS) is 14.9. The minimum absolute atomic E-state index is 0.346. The van der Waals surface area contributed by atoms with Gasteiger partial charge in [-0.15, -0.1) is 0 Å². The molecule has 1 aromatic carbocycles. The van der Waals surface area contributed by atoms with Gasteiger partial charge in [0.05, 0.1) is 5.60 Å². The molecular weight excluding hydrogens is 217 g/mol. The lowest BCUT2D eigenvalue weighted by atomic mass is 9.92. The first-order chi connectivity index (χ1) is 7.93. The molecule has 0 bridgehead atoms. The summed E-state index contributed by atoms with van der Waals surface area (Å²) in [6.45, 7) is 7.50. The van der Waals surface area contributed by atoms with E-state index in [1.165, 1.54) is 6.07 Å². The van der Waals surface area contributed by atoms with Crippen LogP contribution in [0.25, 0.3) is 0 Å². The Balaban J connectivity index is 2.54. The Bertz CT molecular complexity index is 350. The van der Waals surface area contributed by atoms with Gasteiger partial charge < -0.3 is 10.4 Å². The van der Waals surface area contributed by atoms with Gasteiger partial charge in [-0.3, -0.25) is 0 Å². The highest BCUT2D eigenvalue weighted by molar-refractivity contribution is 5.23. The van der Waals surface area contributed by atoms with E-state index in [9.17, 15) is 9.50 Å². The molecule has 1 unspecified atom stereocenters. The van der Waals surface area contributed by atoms with E-state index in [0.717, 1.165) is 6.54 Å². The maximum absolute atomic E-state index is 13.5. The van der Waals surface area contributed by atoms with E-state index in [0.29, 0.717) is 24.4 Å². The van der Waals surface area contributed by atoms with Crippen LogP contribution in [0.15, 0.2) is 24.3 Å². The Kier molecular flexibility index (Phi) is 5.09. The molecule has 0 aliphatic rings. The van der Waals surface area contributed by atoms with Crippen LogP contribution in [-0.4, -0.2) is 18.2 Å². The predicted octanol–water partition coefficient (Wildman–Crippen LogP) is 2.67. The second-order valence-corrected chi connectivity index (χ2v) is 5.10. The average molecular weight is 239 g/mol. The molecule has 0 saturated heterocycles. The number of nitrogens with one attached hydrogen (secondary N) is 1. The summed E-state index contributed by atoms with van der Waals surface area (Å²) in [6, 6.07) is 6.39. The van der Waals surface area contributed by atoms with Crippen molar-refractivity contribution in [3.63, 3.8) is 0 Å². The van der Waals surface area contributed by atoms with E-state index in [-0.39, 0.29) is 5.82 Å². The van der Waals surface area contributed by atoms with E-state index < -0.39 is 5.60 Å².